The normalized spacial score (nSPS) is 16.2. The van der Waals surface area contributed by atoms with Crippen LogP contribution in [0.1, 0.15) is 37.4 Å². The predicted molar refractivity (Wildman–Crippen MR) is 117 cm³/mol. The van der Waals surface area contributed by atoms with Crippen molar-refractivity contribution in [2.24, 2.45) is 0 Å². The topological polar surface area (TPSA) is 79.6 Å². The van der Waals surface area contributed by atoms with Crippen molar-refractivity contribution in [3.8, 4) is 0 Å². The lowest BCUT2D eigenvalue weighted by molar-refractivity contribution is -0.122. The molecule has 1 aliphatic rings. The van der Waals surface area contributed by atoms with Crippen molar-refractivity contribution < 1.29 is 4.79 Å². The number of carbonyl (C=O) groups excluding carboxylic acids is 1. The maximum atomic E-state index is 12.8. The molecule has 2 aromatic heterocycles. The van der Waals surface area contributed by atoms with E-state index in [2.05, 4.69) is 15.4 Å². The van der Waals surface area contributed by atoms with Crippen LogP contribution in [0, 0.1) is 0 Å². The van der Waals surface area contributed by atoms with Gasteiger partial charge in [-0.25, -0.2) is 4.98 Å². The van der Waals surface area contributed by atoms with Crippen LogP contribution in [0.15, 0.2) is 47.3 Å². The van der Waals surface area contributed by atoms with Crippen molar-refractivity contribution in [2.75, 3.05) is 11.4 Å². The summed E-state index contributed by atoms with van der Waals surface area (Å²) in [5, 5.41) is 7.59. The Morgan fingerprint density at radius 2 is 2.03 bits per heavy atom. The maximum Gasteiger partial charge on any atom is 0.293 e. The van der Waals surface area contributed by atoms with Crippen molar-refractivity contribution in [2.45, 2.75) is 45.2 Å². The average molecular weight is 426 g/mol. The molecule has 1 atom stereocenters. The summed E-state index contributed by atoms with van der Waals surface area (Å²) in [5.41, 5.74) is 1.73. The van der Waals surface area contributed by atoms with Crippen LogP contribution in [0.25, 0.3) is 5.65 Å². The summed E-state index contributed by atoms with van der Waals surface area (Å²) in [6, 6.07) is 13.1. The van der Waals surface area contributed by atoms with E-state index in [0.717, 1.165) is 24.8 Å². The Labute approximate surface area is 179 Å². The fraction of sp³-hybridized carbons (Fsp3) is 0.364. The molecular weight excluding hydrogens is 402 g/mol. The predicted octanol–water partition coefficient (Wildman–Crippen LogP) is 2.98. The van der Waals surface area contributed by atoms with Crippen molar-refractivity contribution in [1.82, 2.24) is 19.9 Å². The first-order valence-corrected chi connectivity index (χ1v) is 10.6. The van der Waals surface area contributed by atoms with Crippen LogP contribution in [0.5, 0.6) is 0 Å². The van der Waals surface area contributed by atoms with Gasteiger partial charge in [-0.1, -0.05) is 55.3 Å². The van der Waals surface area contributed by atoms with Crippen LogP contribution >= 0.6 is 11.6 Å². The number of benzene rings is 1. The Bertz CT molecular complexity index is 1120. The van der Waals surface area contributed by atoms with Crippen LogP contribution in [-0.2, 0) is 17.8 Å². The lowest BCUT2D eigenvalue weighted by atomic mass is 10.2. The zero-order chi connectivity index (χ0) is 21.1. The van der Waals surface area contributed by atoms with E-state index in [4.69, 9.17) is 11.6 Å². The van der Waals surface area contributed by atoms with Gasteiger partial charge in [-0.05, 0) is 37.0 Å². The molecule has 1 amide bonds. The fourth-order valence-electron chi connectivity index (χ4n) is 3.82. The SMILES string of the molecule is CCCc1nc2ccc(N3CCC[C@@H]3C(=O)NCc3ccccc3)nn2c(=O)c1Cl. The monoisotopic (exact) mass is 425 g/mol. The molecule has 3 aromatic rings. The molecule has 8 heteroatoms. The Kier molecular flexibility index (Phi) is 5.99. The summed E-state index contributed by atoms with van der Waals surface area (Å²) >= 11 is 6.23. The molecular formula is C22H24ClN5O2. The molecule has 156 valence electrons. The van der Waals surface area contributed by atoms with Gasteiger partial charge >= 0.3 is 0 Å². The zero-order valence-electron chi connectivity index (χ0n) is 16.8. The molecule has 0 unspecified atom stereocenters. The molecule has 1 aliphatic heterocycles. The molecule has 1 fully saturated rings. The summed E-state index contributed by atoms with van der Waals surface area (Å²) in [7, 11) is 0. The highest BCUT2D eigenvalue weighted by Gasteiger charge is 2.32. The first-order valence-electron chi connectivity index (χ1n) is 10.2. The minimum atomic E-state index is -0.378. The number of carbonyl (C=O) groups is 1. The molecule has 0 bridgehead atoms. The molecule has 3 heterocycles. The van der Waals surface area contributed by atoms with Gasteiger partial charge in [-0.3, -0.25) is 9.59 Å². The quantitative estimate of drug-likeness (QED) is 0.656. The largest absolute Gasteiger partial charge is 0.350 e. The van der Waals surface area contributed by atoms with Crippen molar-refractivity contribution in [1.29, 1.82) is 0 Å². The Hall–Kier alpha value is -2.93. The van der Waals surface area contributed by atoms with E-state index in [1.165, 1.54) is 4.52 Å². The van der Waals surface area contributed by atoms with Gasteiger partial charge in [0.2, 0.25) is 5.91 Å². The Balaban J connectivity index is 1.57. The highest BCUT2D eigenvalue weighted by atomic mass is 35.5. The Morgan fingerprint density at radius 3 is 2.80 bits per heavy atom. The molecule has 1 saturated heterocycles. The van der Waals surface area contributed by atoms with Crippen LogP contribution in [-0.4, -0.2) is 33.1 Å². The second-order valence-corrected chi connectivity index (χ2v) is 7.82. The van der Waals surface area contributed by atoms with E-state index in [9.17, 15) is 9.59 Å². The van der Waals surface area contributed by atoms with Gasteiger partial charge in [0.05, 0.1) is 5.69 Å². The van der Waals surface area contributed by atoms with Gasteiger partial charge in [0.25, 0.3) is 5.56 Å². The molecule has 1 N–H and O–H groups in total. The van der Waals surface area contributed by atoms with Gasteiger partial charge in [-0.2, -0.15) is 4.52 Å². The number of rotatable bonds is 6. The van der Waals surface area contributed by atoms with Crippen molar-refractivity contribution in [3.05, 3.63) is 69.1 Å². The smallest absolute Gasteiger partial charge is 0.293 e. The number of nitrogens with zero attached hydrogens (tertiary/aromatic N) is 4. The van der Waals surface area contributed by atoms with E-state index in [0.29, 0.717) is 36.7 Å². The number of amides is 1. The standard InChI is InChI=1S/C22H24ClN5O2/c1-2-7-16-20(23)22(30)28-18(25-16)11-12-19(26-28)27-13-6-10-17(27)21(29)24-14-15-8-4-3-5-9-15/h3-5,8-9,11-12,17H,2,6-7,10,13-14H2,1H3,(H,24,29)/t17-/m1/s1. The summed E-state index contributed by atoms with van der Waals surface area (Å²) in [4.78, 5) is 31.9. The number of aryl methyl sites for hydroxylation is 1. The highest BCUT2D eigenvalue weighted by Crippen LogP contribution is 2.24. The molecule has 30 heavy (non-hydrogen) atoms. The minimum absolute atomic E-state index is 0.0416. The number of hydrogen-bond acceptors (Lipinski definition) is 5. The minimum Gasteiger partial charge on any atom is -0.350 e. The first kappa shape index (κ1) is 20.3. The number of nitrogens with one attached hydrogen (secondary N) is 1. The molecule has 0 spiro atoms. The molecule has 0 saturated carbocycles. The van der Waals surface area contributed by atoms with Crippen LogP contribution < -0.4 is 15.8 Å². The number of fused-ring (bicyclic) bond motifs is 1. The highest BCUT2D eigenvalue weighted by molar-refractivity contribution is 6.31. The molecule has 1 aromatic carbocycles. The van der Waals surface area contributed by atoms with E-state index in [1.54, 1.807) is 6.07 Å². The summed E-state index contributed by atoms with van der Waals surface area (Å²) < 4.78 is 1.23. The second-order valence-electron chi connectivity index (χ2n) is 7.44. The van der Waals surface area contributed by atoms with E-state index in [1.807, 2.05) is 48.2 Å². The van der Waals surface area contributed by atoms with Gasteiger partial charge < -0.3 is 10.2 Å². The van der Waals surface area contributed by atoms with Crippen LogP contribution in [0.4, 0.5) is 5.82 Å². The van der Waals surface area contributed by atoms with Gasteiger partial charge in [0.1, 0.15) is 16.9 Å². The third-order valence-corrected chi connectivity index (χ3v) is 5.71. The van der Waals surface area contributed by atoms with Crippen molar-refractivity contribution in [3.63, 3.8) is 0 Å². The van der Waals surface area contributed by atoms with E-state index >= 15 is 0 Å². The first-order chi connectivity index (χ1) is 14.6. The van der Waals surface area contributed by atoms with Gasteiger partial charge in [0, 0.05) is 13.1 Å². The summed E-state index contributed by atoms with van der Waals surface area (Å²) in [5.74, 6) is 0.531. The zero-order valence-corrected chi connectivity index (χ0v) is 17.6. The number of aromatic nitrogens is 3. The summed E-state index contributed by atoms with van der Waals surface area (Å²) in [6.07, 6.45) is 3.11. The summed E-state index contributed by atoms with van der Waals surface area (Å²) in [6.45, 7) is 3.19. The lowest BCUT2D eigenvalue weighted by Crippen LogP contribution is -2.43. The van der Waals surface area contributed by atoms with Crippen molar-refractivity contribution >= 4 is 29.0 Å². The number of halogens is 1. The molecule has 7 nitrogen and oxygen atoms in total. The third kappa shape index (κ3) is 4.03. The lowest BCUT2D eigenvalue weighted by Gasteiger charge is -2.25. The Morgan fingerprint density at radius 1 is 1.23 bits per heavy atom. The fourth-order valence-corrected chi connectivity index (χ4v) is 4.03. The van der Waals surface area contributed by atoms with E-state index < -0.39 is 0 Å². The van der Waals surface area contributed by atoms with Gasteiger partial charge in [-0.15, -0.1) is 5.10 Å². The van der Waals surface area contributed by atoms with Crippen LogP contribution in [0.2, 0.25) is 5.02 Å². The third-order valence-electron chi connectivity index (χ3n) is 5.33. The van der Waals surface area contributed by atoms with Crippen LogP contribution in [0.3, 0.4) is 0 Å². The van der Waals surface area contributed by atoms with E-state index in [-0.39, 0.29) is 22.5 Å². The second kappa shape index (κ2) is 8.83. The maximum absolute atomic E-state index is 12.8. The number of hydrogen-bond donors (Lipinski definition) is 1. The number of anilines is 1. The average Bonchev–Trinajstić information content (AvgIpc) is 3.26. The molecule has 4 rings (SSSR count). The van der Waals surface area contributed by atoms with Gasteiger partial charge in [0.15, 0.2) is 5.65 Å². The molecule has 0 aliphatic carbocycles. The molecule has 0 radical (unpaired) electrons.